The van der Waals surface area contributed by atoms with Gasteiger partial charge in [0.2, 0.25) is 5.91 Å². The minimum atomic E-state index is -1.30. The molecule has 6 nitrogen and oxygen atoms in total. The number of carbonyl (C=O) groups excluding carboxylic acids is 2. The number of hydrogen-bond donors (Lipinski definition) is 2. The highest BCUT2D eigenvalue weighted by Crippen LogP contribution is 2.23. The third-order valence-corrected chi connectivity index (χ3v) is 4.89. The largest absolute Gasteiger partial charge is 0.480 e. The van der Waals surface area contributed by atoms with Crippen molar-refractivity contribution >= 4 is 23.5 Å². The topological polar surface area (TPSA) is 86.7 Å². The number of aliphatic carboxylic acids is 1. The van der Waals surface area contributed by atoms with Crippen molar-refractivity contribution in [2.45, 2.75) is 39.7 Å². The van der Waals surface area contributed by atoms with Crippen LogP contribution < -0.4 is 5.32 Å². The van der Waals surface area contributed by atoms with E-state index in [2.05, 4.69) is 5.32 Å². The Morgan fingerprint density at radius 3 is 1.90 bits per heavy atom. The summed E-state index contributed by atoms with van der Waals surface area (Å²) < 4.78 is 0. The van der Waals surface area contributed by atoms with Crippen molar-refractivity contribution in [3.05, 3.63) is 54.1 Å². The molecular formula is C23H28N2O4. The first-order valence-corrected chi connectivity index (χ1v) is 9.54. The molecule has 0 aromatic heterocycles. The fraction of sp³-hybridized carbons (Fsp3) is 0.348. The molecule has 2 aromatic carbocycles. The van der Waals surface area contributed by atoms with Gasteiger partial charge >= 0.3 is 5.97 Å². The van der Waals surface area contributed by atoms with Gasteiger partial charge in [0.15, 0.2) is 0 Å². The van der Waals surface area contributed by atoms with Crippen molar-refractivity contribution in [1.82, 2.24) is 4.90 Å². The maximum atomic E-state index is 12.6. The summed E-state index contributed by atoms with van der Waals surface area (Å²) in [6.07, 6.45) is 0.477. The first-order chi connectivity index (χ1) is 13.5. The minimum absolute atomic E-state index is 0.0102. The quantitative estimate of drug-likeness (QED) is 0.732. The molecule has 2 aromatic rings. The van der Waals surface area contributed by atoms with Crippen LogP contribution in [0.5, 0.6) is 0 Å². The predicted molar refractivity (Wildman–Crippen MR) is 114 cm³/mol. The Hall–Kier alpha value is -3.15. The van der Waals surface area contributed by atoms with Gasteiger partial charge < -0.3 is 15.3 Å². The van der Waals surface area contributed by atoms with E-state index in [-0.39, 0.29) is 11.8 Å². The standard InChI is InChI=1S/C23H28N2O4/c1-15(2)14-20(26)24-19-12-10-17(11-13-19)16-6-8-18(9-7-16)21(27)25(5)23(3,4)22(28)29/h6-13,15H,14H2,1-5H3,(H,24,26)(H,28,29). The van der Waals surface area contributed by atoms with Gasteiger partial charge in [0.25, 0.3) is 5.91 Å². The van der Waals surface area contributed by atoms with E-state index in [1.165, 1.54) is 25.8 Å². The molecule has 29 heavy (non-hydrogen) atoms. The Morgan fingerprint density at radius 1 is 0.966 bits per heavy atom. The molecular weight excluding hydrogens is 368 g/mol. The Bertz CT molecular complexity index is 884. The highest BCUT2D eigenvalue weighted by molar-refractivity contribution is 5.98. The third kappa shape index (κ3) is 5.44. The SMILES string of the molecule is CC(C)CC(=O)Nc1ccc(-c2ccc(C(=O)N(C)C(C)(C)C(=O)O)cc2)cc1. The minimum Gasteiger partial charge on any atom is -0.480 e. The molecule has 0 aliphatic heterocycles. The van der Waals surface area contributed by atoms with Crippen LogP contribution in [0.4, 0.5) is 5.69 Å². The molecule has 2 amide bonds. The Balaban J connectivity index is 2.11. The van der Waals surface area contributed by atoms with Crippen LogP contribution in [0, 0.1) is 5.92 Å². The lowest BCUT2D eigenvalue weighted by Gasteiger charge is -2.31. The van der Waals surface area contributed by atoms with Crippen molar-refractivity contribution in [3.63, 3.8) is 0 Å². The van der Waals surface area contributed by atoms with Gasteiger partial charge in [0.05, 0.1) is 0 Å². The van der Waals surface area contributed by atoms with Crippen LogP contribution >= 0.6 is 0 Å². The van der Waals surface area contributed by atoms with Gasteiger partial charge in [0.1, 0.15) is 5.54 Å². The summed E-state index contributed by atoms with van der Waals surface area (Å²) in [5.74, 6) is -1.13. The summed E-state index contributed by atoms with van der Waals surface area (Å²) in [4.78, 5) is 37.0. The molecule has 0 heterocycles. The lowest BCUT2D eigenvalue weighted by molar-refractivity contribution is -0.147. The molecule has 0 atom stereocenters. The summed E-state index contributed by atoms with van der Waals surface area (Å²) >= 11 is 0. The summed E-state index contributed by atoms with van der Waals surface area (Å²) in [6.45, 7) is 6.97. The van der Waals surface area contributed by atoms with Gasteiger partial charge in [-0.1, -0.05) is 38.1 Å². The maximum absolute atomic E-state index is 12.6. The van der Waals surface area contributed by atoms with Crippen molar-refractivity contribution in [1.29, 1.82) is 0 Å². The van der Waals surface area contributed by atoms with Crippen molar-refractivity contribution in [3.8, 4) is 11.1 Å². The van der Waals surface area contributed by atoms with Gasteiger partial charge in [-0.05, 0) is 55.2 Å². The van der Waals surface area contributed by atoms with Crippen LogP contribution in [0.15, 0.2) is 48.5 Å². The first kappa shape index (κ1) is 22.1. The number of nitrogens with zero attached hydrogens (tertiary/aromatic N) is 1. The average Bonchev–Trinajstić information content (AvgIpc) is 2.66. The van der Waals surface area contributed by atoms with Crippen LogP contribution in [0.25, 0.3) is 11.1 Å². The number of likely N-dealkylation sites (N-methyl/N-ethyl adjacent to an activating group) is 1. The molecule has 0 saturated carbocycles. The van der Waals surface area contributed by atoms with Gasteiger partial charge in [-0.3, -0.25) is 9.59 Å². The molecule has 6 heteroatoms. The van der Waals surface area contributed by atoms with Crippen LogP contribution in [0.2, 0.25) is 0 Å². The number of carboxylic acid groups (broad SMARTS) is 1. The van der Waals surface area contributed by atoms with Gasteiger partial charge in [-0.2, -0.15) is 0 Å². The van der Waals surface area contributed by atoms with Gasteiger partial charge in [-0.15, -0.1) is 0 Å². The van der Waals surface area contributed by atoms with E-state index in [0.717, 1.165) is 16.8 Å². The van der Waals surface area contributed by atoms with E-state index in [4.69, 9.17) is 0 Å². The number of anilines is 1. The number of carbonyl (C=O) groups is 3. The Morgan fingerprint density at radius 2 is 1.45 bits per heavy atom. The molecule has 0 fully saturated rings. The van der Waals surface area contributed by atoms with Crippen LogP contribution in [-0.4, -0.2) is 40.4 Å². The Kier molecular flexibility index (Phi) is 6.80. The highest BCUT2D eigenvalue weighted by atomic mass is 16.4. The molecule has 0 unspecified atom stereocenters. The molecule has 0 saturated heterocycles. The molecule has 154 valence electrons. The number of nitrogens with one attached hydrogen (secondary N) is 1. The second kappa shape index (κ2) is 8.90. The van der Waals surface area contributed by atoms with E-state index in [0.29, 0.717) is 17.9 Å². The highest BCUT2D eigenvalue weighted by Gasteiger charge is 2.35. The lowest BCUT2D eigenvalue weighted by atomic mass is 10.0. The summed E-state index contributed by atoms with van der Waals surface area (Å²) in [7, 11) is 1.48. The zero-order valence-corrected chi connectivity index (χ0v) is 17.5. The van der Waals surface area contributed by atoms with Crippen molar-refractivity contribution < 1.29 is 19.5 Å². The summed E-state index contributed by atoms with van der Waals surface area (Å²) in [6, 6.07) is 14.5. The summed E-state index contributed by atoms with van der Waals surface area (Å²) in [5.41, 5.74) is 1.73. The van der Waals surface area contributed by atoms with E-state index >= 15 is 0 Å². The molecule has 0 spiro atoms. The zero-order chi connectivity index (χ0) is 21.8. The summed E-state index contributed by atoms with van der Waals surface area (Å²) in [5, 5.41) is 12.2. The third-order valence-electron chi connectivity index (χ3n) is 4.89. The van der Waals surface area contributed by atoms with E-state index in [9.17, 15) is 19.5 Å². The maximum Gasteiger partial charge on any atom is 0.329 e. The number of carboxylic acids is 1. The number of hydrogen-bond acceptors (Lipinski definition) is 3. The number of rotatable bonds is 7. The molecule has 2 N–H and O–H groups in total. The van der Waals surface area contributed by atoms with Crippen molar-refractivity contribution in [2.24, 2.45) is 5.92 Å². The first-order valence-electron chi connectivity index (χ1n) is 9.54. The van der Waals surface area contributed by atoms with E-state index < -0.39 is 11.5 Å². The molecule has 0 bridgehead atoms. The fourth-order valence-corrected chi connectivity index (χ4v) is 2.73. The van der Waals surface area contributed by atoms with Gasteiger partial charge in [-0.25, -0.2) is 4.79 Å². The van der Waals surface area contributed by atoms with E-state index in [1.807, 2.05) is 50.2 Å². The van der Waals surface area contributed by atoms with E-state index in [1.54, 1.807) is 12.1 Å². The van der Waals surface area contributed by atoms with Crippen molar-refractivity contribution in [2.75, 3.05) is 12.4 Å². The molecule has 2 rings (SSSR count). The fourth-order valence-electron chi connectivity index (χ4n) is 2.73. The average molecular weight is 396 g/mol. The van der Waals surface area contributed by atoms with Crippen LogP contribution in [0.3, 0.4) is 0 Å². The number of benzene rings is 2. The van der Waals surface area contributed by atoms with Crippen LogP contribution in [0.1, 0.15) is 44.5 Å². The normalized spacial score (nSPS) is 11.2. The number of amides is 2. The molecule has 0 radical (unpaired) electrons. The van der Waals surface area contributed by atoms with Crippen LogP contribution in [-0.2, 0) is 9.59 Å². The zero-order valence-electron chi connectivity index (χ0n) is 17.5. The molecule has 0 aliphatic carbocycles. The lowest BCUT2D eigenvalue weighted by Crippen LogP contribution is -2.50. The Labute approximate surface area is 171 Å². The molecule has 0 aliphatic rings. The monoisotopic (exact) mass is 396 g/mol. The van der Waals surface area contributed by atoms with Gasteiger partial charge in [0, 0.05) is 24.7 Å². The second-order valence-electron chi connectivity index (χ2n) is 8.03. The predicted octanol–water partition coefficient (Wildman–Crippen LogP) is 4.27. The second-order valence-corrected chi connectivity index (χ2v) is 8.03. The smallest absolute Gasteiger partial charge is 0.329 e.